The van der Waals surface area contributed by atoms with Gasteiger partial charge in [-0.15, -0.1) is 0 Å². The van der Waals surface area contributed by atoms with E-state index in [1.54, 1.807) is 0 Å². The molecule has 0 aliphatic heterocycles. The second kappa shape index (κ2) is 10.3. The van der Waals surface area contributed by atoms with Crippen LogP contribution >= 0.6 is 0 Å². The van der Waals surface area contributed by atoms with E-state index in [9.17, 15) is 0 Å². The highest BCUT2D eigenvalue weighted by atomic mass is 16.5. The van der Waals surface area contributed by atoms with Crippen LogP contribution in [0.5, 0.6) is 23.0 Å². The quantitative estimate of drug-likeness (QED) is 0.346. The molecule has 2 heteroatoms. The summed E-state index contributed by atoms with van der Waals surface area (Å²) < 4.78 is 11.4. The summed E-state index contributed by atoms with van der Waals surface area (Å²) >= 11 is 0. The predicted octanol–water partition coefficient (Wildman–Crippen LogP) is 8.19. The lowest BCUT2D eigenvalue weighted by Crippen LogP contribution is -1.84. The Morgan fingerprint density at radius 2 is 0.733 bits per heavy atom. The van der Waals surface area contributed by atoms with Gasteiger partial charge in [-0.1, -0.05) is 65.2 Å². The van der Waals surface area contributed by atoms with E-state index in [4.69, 9.17) is 9.47 Å². The molecule has 152 valence electrons. The standard InChI is InChI=1S/2C14H14O/c1-11-3-7-13(8-4-11)15-14-9-5-12(2)6-10-14;1-11-6-8-13(9-7-11)15-14-5-3-4-12(2)10-14/h2*3-10H,1-2H3. The topological polar surface area (TPSA) is 18.5 Å². The first-order valence-corrected chi connectivity index (χ1v) is 10.1. The number of rotatable bonds is 4. The summed E-state index contributed by atoms with van der Waals surface area (Å²) in [5.41, 5.74) is 4.93. The van der Waals surface area contributed by atoms with Crippen LogP contribution < -0.4 is 9.47 Å². The lowest BCUT2D eigenvalue weighted by molar-refractivity contribution is 0.482. The highest BCUT2D eigenvalue weighted by Crippen LogP contribution is 2.23. The number of hydrogen-bond donors (Lipinski definition) is 0. The van der Waals surface area contributed by atoms with Crippen molar-refractivity contribution in [2.75, 3.05) is 0 Å². The Hall–Kier alpha value is -3.52. The first kappa shape index (κ1) is 21.2. The Bertz CT molecular complexity index is 1000. The van der Waals surface area contributed by atoms with Gasteiger partial charge in [-0.3, -0.25) is 0 Å². The minimum atomic E-state index is 0.879. The predicted molar refractivity (Wildman–Crippen MR) is 125 cm³/mol. The molecule has 0 spiro atoms. The number of hydrogen-bond acceptors (Lipinski definition) is 2. The van der Waals surface area contributed by atoms with Crippen LogP contribution in [0.2, 0.25) is 0 Å². The molecular weight excluding hydrogens is 368 g/mol. The van der Waals surface area contributed by atoms with E-state index >= 15 is 0 Å². The molecule has 4 aromatic carbocycles. The summed E-state index contributed by atoms with van der Waals surface area (Å²) in [6.07, 6.45) is 0. The summed E-state index contributed by atoms with van der Waals surface area (Å²) in [5.74, 6) is 3.53. The minimum absolute atomic E-state index is 0.879. The van der Waals surface area contributed by atoms with Crippen LogP contribution in [0.3, 0.4) is 0 Å². The van der Waals surface area contributed by atoms with Crippen molar-refractivity contribution in [2.24, 2.45) is 0 Å². The van der Waals surface area contributed by atoms with Gasteiger partial charge in [-0.25, -0.2) is 0 Å². The normalized spacial score (nSPS) is 10.0. The maximum atomic E-state index is 5.71. The van der Waals surface area contributed by atoms with Crippen molar-refractivity contribution in [1.82, 2.24) is 0 Å². The zero-order valence-corrected chi connectivity index (χ0v) is 18.1. The first-order chi connectivity index (χ1) is 14.5. The Morgan fingerprint density at radius 3 is 1.10 bits per heavy atom. The Kier molecular flexibility index (Phi) is 7.29. The van der Waals surface area contributed by atoms with Gasteiger partial charge in [0.2, 0.25) is 0 Å². The smallest absolute Gasteiger partial charge is 0.127 e. The van der Waals surface area contributed by atoms with E-state index in [1.807, 2.05) is 91.0 Å². The van der Waals surface area contributed by atoms with Crippen LogP contribution in [-0.2, 0) is 0 Å². The molecule has 0 radical (unpaired) electrons. The molecule has 0 unspecified atom stereocenters. The van der Waals surface area contributed by atoms with Crippen molar-refractivity contribution in [1.29, 1.82) is 0 Å². The number of benzene rings is 4. The molecule has 4 aromatic rings. The molecule has 4 rings (SSSR count). The molecule has 0 N–H and O–H groups in total. The lowest BCUT2D eigenvalue weighted by Gasteiger charge is -2.06. The summed E-state index contributed by atoms with van der Waals surface area (Å²) in [6, 6.07) is 32.2. The van der Waals surface area contributed by atoms with E-state index < -0.39 is 0 Å². The molecule has 0 aliphatic carbocycles. The first-order valence-electron chi connectivity index (χ1n) is 10.1. The van der Waals surface area contributed by atoms with E-state index in [2.05, 4.69) is 33.8 Å². The van der Waals surface area contributed by atoms with Gasteiger partial charge in [0, 0.05) is 0 Å². The molecule has 0 saturated heterocycles. The van der Waals surface area contributed by atoms with Gasteiger partial charge in [0.15, 0.2) is 0 Å². The van der Waals surface area contributed by atoms with Crippen molar-refractivity contribution in [2.45, 2.75) is 27.7 Å². The van der Waals surface area contributed by atoms with Gasteiger partial charge < -0.3 is 9.47 Å². The summed E-state index contributed by atoms with van der Waals surface area (Å²) in [4.78, 5) is 0. The number of ether oxygens (including phenoxy) is 2. The van der Waals surface area contributed by atoms with Gasteiger partial charge >= 0.3 is 0 Å². The number of aryl methyl sites for hydroxylation is 4. The minimum Gasteiger partial charge on any atom is -0.457 e. The zero-order valence-electron chi connectivity index (χ0n) is 18.1. The van der Waals surface area contributed by atoms with Gasteiger partial charge in [-0.05, 0) is 81.8 Å². The van der Waals surface area contributed by atoms with E-state index in [1.165, 1.54) is 22.3 Å². The summed E-state index contributed by atoms with van der Waals surface area (Å²) in [7, 11) is 0. The lowest BCUT2D eigenvalue weighted by atomic mass is 10.2. The van der Waals surface area contributed by atoms with Gasteiger partial charge in [-0.2, -0.15) is 0 Å². The average molecular weight is 397 g/mol. The second-order valence-corrected chi connectivity index (χ2v) is 7.46. The fourth-order valence-corrected chi connectivity index (χ4v) is 2.77. The molecule has 0 fully saturated rings. The second-order valence-electron chi connectivity index (χ2n) is 7.46. The molecule has 30 heavy (non-hydrogen) atoms. The van der Waals surface area contributed by atoms with Crippen LogP contribution in [-0.4, -0.2) is 0 Å². The van der Waals surface area contributed by atoms with Crippen molar-refractivity contribution in [3.05, 3.63) is 119 Å². The van der Waals surface area contributed by atoms with Gasteiger partial charge in [0.1, 0.15) is 23.0 Å². The Labute approximate surface area is 179 Å². The van der Waals surface area contributed by atoms with E-state index in [0.717, 1.165) is 23.0 Å². The fraction of sp³-hybridized carbons (Fsp3) is 0.143. The fourth-order valence-electron chi connectivity index (χ4n) is 2.77. The SMILES string of the molecule is Cc1ccc(Oc2ccc(C)cc2)cc1.Cc1ccc(Oc2cccc(C)c2)cc1. The van der Waals surface area contributed by atoms with Crippen molar-refractivity contribution < 1.29 is 9.47 Å². The zero-order chi connectivity index (χ0) is 21.3. The third-order valence-electron chi connectivity index (χ3n) is 4.52. The maximum Gasteiger partial charge on any atom is 0.127 e. The van der Waals surface area contributed by atoms with Gasteiger partial charge in [0.05, 0.1) is 0 Å². The van der Waals surface area contributed by atoms with Crippen molar-refractivity contribution >= 4 is 0 Å². The molecule has 2 nitrogen and oxygen atoms in total. The van der Waals surface area contributed by atoms with Crippen LogP contribution in [0.25, 0.3) is 0 Å². The highest BCUT2D eigenvalue weighted by Gasteiger charge is 1.97. The third-order valence-corrected chi connectivity index (χ3v) is 4.52. The maximum absolute atomic E-state index is 5.71. The molecule has 0 heterocycles. The van der Waals surface area contributed by atoms with Crippen LogP contribution in [0.1, 0.15) is 22.3 Å². The molecule has 0 amide bonds. The summed E-state index contributed by atoms with van der Waals surface area (Å²) in [6.45, 7) is 8.25. The van der Waals surface area contributed by atoms with Crippen molar-refractivity contribution in [3.63, 3.8) is 0 Å². The average Bonchev–Trinajstić information content (AvgIpc) is 2.74. The van der Waals surface area contributed by atoms with Crippen LogP contribution in [0.15, 0.2) is 97.1 Å². The summed E-state index contributed by atoms with van der Waals surface area (Å²) in [5, 5.41) is 0. The largest absolute Gasteiger partial charge is 0.457 e. The molecular formula is C28H28O2. The van der Waals surface area contributed by atoms with Crippen molar-refractivity contribution in [3.8, 4) is 23.0 Å². The third kappa shape index (κ3) is 6.82. The highest BCUT2D eigenvalue weighted by molar-refractivity contribution is 5.35. The molecule has 0 aromatic heterocycles. The molecule has 0 aliphatic rings. The Morgan fingerprint density at radius 1 is 0.367 bits per heavy atom. The van der Waals surface area contributed by atoms with E-state index in [-0.39, 0.29) is 0 Å². The monoisotopic (exact) mass is 396 g/mol. The van der Waals surface area contributed by atoms with Gasteiger partial charge in [0.25, 0.3) is 0 Å². The van der Waals surface area contributed by atoms with E-state index in [0.29, 0.717) is 0 Å². The molecule has 0 saturated carbocycles. The molecule has 0 atom stereocenters. The van der Waals surface area contributed by atoms with Crippen LogP contribution in [0, 0.1) is 27.7 Å². The Balaban J connectivity index is 0.000000171. The molecule has 0 bridgehead atoms. The van der Waals surface area contributed by atoms with Crippen LogP contribution in [0.4, 0.5) is 0 Å².